The normalized spacial score (nSPS) is 18.2. The van der Waals surface area contributed by atoms with Gasteiger partial charge in [0.15, 0.2) is 6.10 Å². The van der Waals surface area contributed by atoms with Crippen molar-refractivity contribution in [2.75, 3.05) is 6.54 Å². The Hall–Kier alpha value is -2.48. The van der Waals surface area contributed by atoms with Gasteiger partial charge < -0.3 is 15.0 Å². The topological polar surface area (TPSA) is 86.3 Å². The lowest BCUT2D eigenvalue weighted by molar-refractivity contribution is -0.141. The smallest absolute Gasteiger partial charge is 0.256 e. The Labute approximate surface area is 188 Å². The highest BCUT2D eigenvalue weighted by atomic mass is 35.5. The van der Waals surface area contributed by atoms with Crippen molar-refractivity contribution >= 4 is 28.8 Å². The van der Waals surface area contributed by atoms with Crippen molar-refractivity contribution in [1.29, 1.82) is 0 Å². The maximum atomic E-state index is 13.1. The van der Waals surface area contributed by atoms with E-state index in [0.717, 1.165) is 12.8 Å². The molecule has 1 aliphatic heterocycles. The molecule has 3 heterocycles. The summed E-state index contributed by atoms with van der Waals surface area (Å²) < 4.78 is 0. The molecule has 1 aliphatic carbocycles. The Morgan fingerprint density at radius 2 is 2.13 bits per heavy atom. The minimum absolute atomic E-state index is 0.118. The molecule has 1 aromatic carbocycles. The van der Waals surface area contributed by atoms with Crippen molar-refractivity contribution in [2.45, 2.75) is 43.7 Å². The number of hydrogen-bond donors (Lipinski definition) is 2. The van der Waals surface area contributed by atoms with Crippen LogP contribution in [0.1, 0.15) is 52.9 Å². The van der Waals surface area contributed by atoms with Gasteiger partial charge in [-0.15, -0.1) is 11.3 Å². The quantitative estimate of drug-likeness (QED) is 0.629. The minimum Gasteiger partial charge on any atom is -0.378 e. The molecule has 1 saturated carbocycles. The fourth-order valence-electron chi connectivity index (χ4n) is 4.32. The van der Waals surface area contributed by atoms with Gasteiger partial charge in [-0.05, 0) is 54.8 Å². The molecule has 160 valence electrons. The molecule has 2 aromatic heterocycles. The number of benzene rings is 1. The van der Waals surface area contributed by atoms with E-state index in [0.29, 0.717) is 47.1 Å². The number of nitrogens with zero attached hydrogens (tertiary/aromatic N) is 2. The number of aliphatic hydroxyl groups excluding tert-OH is 1. The number of halogens is 1. The van der Waals surface area contributed by atoms with E-state index in [1.807, 2.05) is 11.4 Å². The zero-order chi connectivity index (χ0) is 21.6. The molecule has 1 fully saturated rings. The monoisotopic (exact) mass is 455 g/mol. The standard InChI is InChI=1S/C23H22ClN3O3S/c24-15-5-1-4-14(12-15)19(28)21(30)27-10-2-6-16-17(13-27)25-22(26-20(16)29)23(8-9-23)18-7-3-11-31-18/h1,3-5,7,11-12,19,28H,2,6,8-10,13H2,(H,25,26,29). The molecule has 2 N–H and O–H groups in total. The largest absolute Gasteiger partial charge is 0.378 e. The molecule has 2 aliphatic rings. The van der Waals surface area contributed by atoms with Crippen molar-refractivity contribution < 1.29 is 9.90 Å². The molecule has 0 saturated heterocycles. The number of aromatic nitrogens is 2. The summed E-state index contributed by atoms with van der Waals surface area (Å²) in [5, 5.41) is 13.1. The molecule has 6 nitrogen and oxygen atoms in total. The molecule has 3 aromatic rings. The Morgan fingerprint density at radius 1 is 1.29 bits per heavy atom. The van der Waals surface area contributed by atoms with E-state index in [9.17, 15) is 14.7 Å². The zero-order valence-corrected chi connectivity index (χ0v) is 18.4. The van der Waals surface area contributed by atoms with E-state index in [4.69, 9.17) is 16.6 Å². The van der Waals surface area contributed by atoms with Crippen LogP contribution < -0.4 is 5.56 Å². The second-order valence-electron chi connectivity index (χ2n) is 8.22. The van der Waals surface area contributed by atoms with Gasteiger partial charge in [0, 0.05) is 22.0 Å². The molecule has 5 rings (SSSR count). The van der Waals surface area contributed by atoms with E-state index >= 15 is 0 Å². The van der Waals surface area contributed by atoms with E-state index in [2.05, 4.69) is 11.1 Å². The maximum Gasteiger partial charge on any atom is 0.256 e. The molecule has 31 heavy (non-hydrogen) atoms. The van der Waals surface area contributed by atoms with E-state index in [1.54, 1.807) is 40.5 Å². The lowest BCUT2D eigenvalue weighted by atomic mass is 10.0. The Morgan fingerprint density at radius 3 is 2.84 bits per heavy atom. The van der Waals surface area contributed by atoms with Gasteiger partial charge in [-0.3, -0.25) is 9.59 Å². The average Bonchev–Trinajstić information content (AvgIpc) is 3.45. The molecular formula is C23H22ClN3O3S. The summed E-state index contributed by atoms with van der Waals surface area (Å²) in [6.07, 6.45) is 1.79. The van der Waals surface area contributed by atoms with Crippen LogP contribution in [-0.2, 0) is 23.2 Å². The predicted molar refractivity (Wildman–Crippen MR) is 119 cm³/mol. The van der Waals surface area contributed by atoms with Gasteiger partial charge in [0.1, 0.15) is 5.82 Å². The van der Waals surface area contributed by atoms with Crippen LogP contribution in [0.25, 0.3) is 0 Å². The summed E-state index contributed by atoms with van der Waals surface area (Å²) in [6, 6.07) is 10.8. The number of carbonyl (C=O) groups is 1. The number of aliphatic hydroxyl groups is 1. The number of H-pyrrole nitrogens is 1. The number of rotatable bonds is 4. The second-order valence-corrected chi connectivity index (χ2v) is 9.60. The number of fused-ring (bicyclic) bond motifs is 1. The van der Waals surface area contributed by atoms with Crippen LogP contribution >= 0.6 is 22.9 Å². The van der Waals surface area contributed by atoms with Gasteiger partial charge in [-0.25, -0.2) is 4.98 Å². The van der Waals surface area contributed by atoms with Crippen molar-refractivity contribution in [3.05, 3.63) is 84.7 Å². The lowest BCUT2D eigenvalue weighted by Crippen LogP contribution is -2.35. The number of carbonyl (C=O) groups excluding carboxylic acids is 1. The first-order valence-corrected chi connectivity index (χ1v) is 11.6. The van der Waals surface area contributed by atoms with Gasteiger partial charge in [-0.1, -0.05) is 29.8 Å². The van der Waals surface area contributed by atoms with Crippen LogP contribution in [0.4, 0.5) is 0 Å². The number of hydrogen-bond acceptors (Lipinski definition) is 5. The van der Waals surface area contributed by atoms with E-state index < -0.39 is 12.0 Å². The van der Waals surface area contributed by atoms with E-state index in [1.165, 1.54) is 4.88 Å². The first-order valence-electron chi connectivity index (χ1n) is 10.4. The highest BCUT2D eigenvalue weighted by molar-refractivity contribution is 7.10. The third-order valence-corrected chi connectivity index (χ3v) is 7.51. The third-order valence-electron chi connectivity index (χ3n) is 6.20. The zero-order valence-electron chi connectivity index (χ0n) is 16.8. The fraction of sp³-hybridized carbons (Fsp3) is 0.348. The van der Waals surface area contributed by atoms with Gasteiger partial charge >= 0.3 is 0 Å². The van der Waals surface area contributed by atoms with E-state index in [-0.39, 0.29) is 17.5 Å². The molecule has 0 bridgehead atoms. The Bertz CT molecular complexity index is 1190. The van der Waals surface area contributed by atoms with Gasteiger partial charge in [-0.2, -0.15) is 0 Å². The summed E-state index contributed by atoms with van der Waals surface area (Å²) in [5.41, 5.74) is 1.39. The molecule has 8 heteroatoms. The summed E-state index contributed by atoms with van der Waals surface area (Å²) in [7, 11) is 0. The van der Waals surface area contributed by atoms with Gasteiger partial charge in [0.05, 0.1) is 17.7 Å². The number of aromatic amines is 1. The number of thiophene rings is 1. The summed E-state index contributed by atoms with van der Waals surface area (Å²) in [6.45, 7) is 0.668. The highest BCUT2D eigenvalue weighted by Gasteiger charge is 2.49. The first kappa shape index (κ1) is 20.4. The molecule has 1 amide bonds. The van der Waals surface area contributed by atoms with Crippen LogP contribution in [0.2, 0.25) is 5.02 Å². The number of nitrogens with one attached hydrogen (secondary N) is 1. The molecule has 1 unspecified atom stereocenters. The minimum atomic E-state index is -1.30. The van der Waals surface area contributed by atoms with Crippen LogP contribution in [0.5, 0.6) is 0 Å². The van der Waals surface area contributed by atoms with Crippen LogP contribution in [0.3, 0.4) is 0 Å². The van der Waals surface area contributed by atoms with Crippen molar-refractivity contribution in [1.82, 2.24) is 14.9 Å². The van der Waals surface area contributed by atoms with Gasteiger partial charge in [0.25, 0.3) is 11.5 Å². The van der Waals surface area contributed by atoms with Gasteiger partial charge in [0.2, 0.25) is 0 Å². The van der Waals surface area contributed by atoms with Crippen LogP contribution in [-0.4, -0.2) is 32.4 Å². The Kier molecular flexibility index (Phi) is 5.20. The molecule has 0 spiro atoms. The molecular weight excluding hydrogens is 434 g/mol. The van der Waals surface area contributed by atoms with Crippen LogP contribution in [0.15, 0.2) is 46.6 Å². The summed E-state index contributed by atoms with van der Waals surface area (Å²) in [4.78, 5) is 36.6. The Balaban J connectivity index is 1.46. The van der Waals surface area contributed by atoms with Crippen molar-refractivity contribution in [3.8, 4) is 0 Å². The maximum absolute atomic E-state index is 13.1. The first-order chi connectivity index (χ1) is 15.0. The van der Waals surface area contributed by atoms with Crippen LogP contribution in [0, 0.1) is 0 Å². The SMILES string of the molecule is O=C(C(O)c1cccc(Cl)c1)N1CCCc2c(nc(C3(c4cccs4)CC3)[nH]c2=O)C1. The predicted octanol–water partition coefficient (Wildman–Crippen LogP) is 3.57. The van der Waals surface area contributed by atoms with Crippen molar-refractivity contribution in [2.24, 2.45) is 0 Å². The fourth-order valence-corrected chi connectivity index (χ4v) is 5.51. The lowest BCUT2D eigenvalue weighted by Gasteiger charge is -2.24. The second kappa shape index (κ2) is 7.89. The molecule has 0 radical (unpaired) electrons. The summed E-state index contributed by atoms with van der Waals surface area (Å²) >= 11 is 7.69. The number of amides is 1. The summed E-state index contributed by atoms with van der Waals surface area (Å²) in [5.74, 6) is 0.279. The molecule has 1 atom stereocenters. The highest BCUT2D eigenvalue weighted by Crippen LogP contribution is 2.53. The average molecular weight is 456 g/mol. The third kappa shape index (κ3) is 3.71. The van der Waals surface area contributed by atoms with Crippen molar-refractivity contribution in [3.63, 3.8) is 0 Å².